The zero-order valence-corrected chi connectivity index (χ0v) is 40.8. The number of piperidine rings is 1. The second-order valence-corrected chi connectivity index (χ2v) is 23.5. The molecule has 1 unspecified atom stereocenters. The topological polar surface area (TPSA) is 190 Å². The SMILES string of the molecule is CCCC(=O)OCN(C(=O)[C@H](NC(=O)[C@@H]1CCCCN1C)C(C)CC)[C@@H](C[C@H](C)c1nc(C(=O)N[C@H](Cc2ccc(O)cc2)C[C@@H](C)C(=O)NCCC[Si](C)(C)O)cs1)C(C)C. The van der Waals surface area contributed by atoms with Gasteiger partial charge in [0, 0.05) is 42.3 Å². The number of nitrogens with zero attached hydrogens (tertiary/aromatic N) is 3. The summed E-state index contributed by atoms with van der Waals surface area (Å²) in [6.45, 7) is 18.5. The summed E-state index contributed by atoms with van der Waals surface area (Å²) in [4.78, 5) is 86.7. The lowest BCUT2D eigenvalue weighted by Gasteiger charge is -2.39. The Morgan fingerprint density at radius 2 is 1.71 bits per heavy atom. The van der Waals surface area contributed by atoms with E-state index in [9.17, 15) is 33.9 Å². The van der Waals surface area contributed by atoms with Gasteiger partial charge in [0.1, 0.15) is 17.5 Å². The minimum absolute atomic E-state index is 0.0602. The molecular weight excluding hydrogens is 825 g/mol. The number of likely N-dealkylation sites (N-methyl/N-ethyl adjacent to an activating group) is 1. The van der Waals surface area contributed by atoms with E-state index in [1.54, 1.807) is 34.5 Å². The third-order valence-electron chi connectivity index (χ3n) is 12.0. The quantitative estimate of drug-likeness (QED) is 0.0315. The molecule has 7 atom stereocenters. The van der Waals surface area contributed by atoms with Crippen LogP contribution in [-0.4, -0.2) is 114 Å². The standard InChI is InChI=1S/C46H76N6O8SSi/c1-11-16-40(54)60-29-52(46(58)41(31(5)12-2)50-44(57)38-17-13-14-23-51(38)8)39(30(3)4)26-33(7)45-49-37(28-61-45)43(56)48-35(27-34-18-20-36(53)21-19-34)25-32(6)42(55)47-22-15-24-62(9,10)59/h18-21,28,30-33,35,38-39,41,53,59H,11-17,22-27,29H2,1-10H3,(H,47,55)(H,48,56)(H,50,57)/t31?,32-,33+,35+,38+,39+,41-/m1/s1. The molecule has 5 N–H and O–H groups in total. The van der Waals surface area contributed by atoms with Crippen molar-refractivity contribution in [1.82, 2.24) is 30.7 Å². The Morgan fingerprint density at radius 1 is 1.02 bits per heavy atom. The monoisotopic (exact) mass is 901 g/mol. The molecule has 348 valence electrons. The van der Waals surface area contributed by atoms with Crippen molar-refractivity contribution in [1.29, 1.82) is 0 Å². The normalized spacial score (nSPS) is 17.6. The summed E-state index contributed by atoms with van der Waals surface area (Å²) in [5, 5.41) is 21.5. The van der Waals surface area contributed by atoms with E-state index in [4.69, 9.17) is 9.72 Å². The third-order valence-corrected chi connectivity index (χ3v) is 14.7. The number of hydrogen-bond acceptors (Lipinski definition) is 11. The van der Waals surface area contributed by atoms with Crippen molar-refractivity contribution in [3.63, 3.8) is 0 Å². The van der Waals surface area contributed by atoms with Crippen molar-refractivity contribution in [3.05, 3.63) is 45.9 Å². The van der Waals surface area contributed by atoms with Crippen LogP contribution in [0.15, 0.2) is 29.6 Å². The van der Waals surface area contributed by atoms with Crippen molar-refractivity contribution < 1.29 is 38.6 Å². The van der Waals surface area contributed by atoms with E-state index in [0.29, 0.717) is 56.1 Å². The summed E-state index contributed by atoms with van der Waals surface area (Å²) in [5.41, 5.74) is 1.13. The van der Waals surface area contributed by atoms with Crippen LogP contribution in [0, 0.1) is 17.8 Å². The molecule has 1 fully saturated rings. The van der Waals surface area contributed by atoms with E-state index in [-0.39, 0.29) is 72.0 Å². The Kier molecular flexibility index (Phi) is 21.5. The van der Waals surface area contributed by atoms with Gasteiger partial charge in [0.2, 0.25) is 17.7 Å². The molecule has 62 heavy (non-hydrogen) atoms. The molecule has 16 heteroatoms. The molecule has 1 aromatic carbocycles. The number of nitrogens with one attached hydrogen (secondary N) is 3. The predicted octanol–water partition coefficient (Wildman–Crippen LogP) is 6.58. The zero-order valence-electron chi connectivity index (χ0n) is 39.0. The van der Waals surface area contributed by atoms with Crippen LogP contribution in [-0.2, 0) is 30.3 Å². The zero-order chi connectivity index (χ0) is 46.1. The first-order valence-electron chi connectivity index (χ1n) is 22.7. The van der Waals surface area contributed by atoms with E-state index < -0.39 is 38.3 Å². The van der Waals surface area contributed by atoms with Gasteiger partial charge in [-0.05, 0) is 107 Å². The van der Waals surface area contributed by atoms with Gasteiger partial charge >= 0.3 is 5.97 Å². The summed E-state index contributed by atoms with van der Waals surface area (Å²) in [5.74, 6) is -2.07. The van der Waals surface area contributed by atoms with E-state index in [0.717, 1.165) is 31.4 Å². The highest BCUT2D eigenvalue weighted by atomic mass is 32.1. The van der Waals surface area contributed by atoms with Gasteiger partial charge in [-0.2, -0.15) is 0 Å². The molecule has 1 saturated heterocycles. The number of aromatic nitrogens is 1. The van der Waals surface area contributed by atoms with Crippen LogP contribution >= 0.6 is 11.3 Å². The molecule has 0 spiro atoms. The highest BCUT2D eigenvalue weighted by Crippen LogP contribution is 2.30. The average Bonchev–Trinajstić information content (AvgIpc) is 3.72. The Hall–Kier alpha value is -3.86. The molecule has 4 amide bonds. The number of phenolic OH excluding ortho intramolecular Hbond substituents is 1. The number of rotatable bonds is 25. The number of carbonyl (C=O) groups excluding carboxylic acids is 5. The maximum atomic E-state index is 14.7. The first-order chi connectivity index (χ1) is 29.2. The first-order valence-corrected chi connectivity index (χ1v) is 26.8. The van der Waals surface area contributed by atoms with Gasteiger partial charge < -0.3 is 35.5 Å². The molecule has 2 heterocycles. The van der Waals surface area contributed by atoms with Crippen LogP contribution in [0.4, 0.5) is 0 Å². The number of likely N-dealkylation sites (tertiary alicyclic amines) is 1. The van der Waals surface area contributed by atoms with Gasteiger partial charge in [0.15, 0.2) is 15.0 Å². The van der Waals surface area contributed by atoms with Gasteiger partial charge in [-0.1, -0.05) is 73.4 Å². The Labute approximate surface area is 375 Å². The molecule has 0 aliphatic carbocycles. The lowest BCUT2D eigenvalue weighted by atomic mass is 9.90. The Bertz CT molecular complexity index is 1740. The van der Waals surface area contributed by atoms with Gasteiger partial charge in [0.05, 0.1) is 11.0 Å². The number of benzene rings is 1. The molecular formula is C46H76N6O8SSi. The highest BCUT2D eigenvalue weighted by molar-refractivity contribution is 7.09. The van der Waals surface area contributed by atoms with E-state index in [1.165, 1.54) is 11.3 Å². The lowest BCUT2D eigenvalue weighted by molar-refractivity contribution is -0.159. The number of esters is 1. The second kappa shape index (κ2) is 25.4. The first kappa shape index (κ1) is 52.5. The Balaban J connectivity index is 1.82. The molecule has 0 saturated carbocycles. The summed E-state index contributed by atoms with van der Waals surface area (Å²) < 4.78 is 5.72. The summed E-state index contributed by atoms with van der Waals surface area (Å²) in [6, 6.07) is 5.51. The molecule has 2 aromatic rings. The molecule has 1 aromatic heterocycles. The fourth-order valence-corrected chi connectivity index (χ4v) is 9.82. The second-order valence-electron chi connectivity index (χ2n) is 18.5. The number of ether oxygens (including phenoxy) is 1. The fourth-order valence-electron chi connectivity index (χ4n) is 7.91. The molecule has 0 bridgehead atoms. The molecule has 0 radical (unpaired) electrons. The molecule has 3 rings (SSSR count). The van der Waals surface area contributed by atoms with Crippen molar-refractivity contribution >= 4 is 49.3 Å². The van der Waals surface area contributed by atoms with Gasteiger partial charge in [-0.15, -0.1) is 11.3 Å². The third kappa shape index (κ3) is 17.0. The van der Waals surface area contributed by atoms with Crippen LogP contribution in [0.5, 0.6) is 5.75 Å². The summed E-state index contributed by atoms with van der Waals surface area (Å²) in [7, 11) is -0.268. The number of aromatic hydroxyl groups is 1. The molecule has 1 aliphatic rings. The number of amides is 4. The number of thiazole rings is 1. The number of hydrogen-bond donors (Lipinski definition) is 5. The molecule has 14 nitrogen and oxygen atoms in total. The minimum atomic E-state index is -2.21. The highest BCUT2D eigenvalue weighted by Gasteiger charge is 2.38. The Morgan fingerprint density at radius 3 is 2.32 bits per heavy atom. The van der Waals surface area contributed by atoms with E-state index in [1.807, 2.05) is 73.5 Å². The van der Waals surface area contributed by atoms with Crippen molar-refractivity contribution in [2.75, 3.05) is 26.9 Å². The predicted molar refractivity (Wildman–Crippen MR) is 247 cm³/mol. The van der Waals surface area contributed by atoms with E-state index in [2.05, 4.69) is 16.0 Å². The maximum Gasteiger partial charge on any atom is 0.307 e. The van der Waals surface area contributed by atoms with Gasteiger partial charge in [-0.25, -0.2) is 4.98 Å². The fraction of sp³-hybridized carbons (Fsp3) is 0.696. The average molecular weight is 901 g/mol. The van der Waals surface area contributed by atoms with E-state index >= 15 is 0 Å². The number of phenols is 1. The number of carbonyl (C=O) groups is 5. The van der Waals surface area contributed by atoms with Crippen LogP contribution in [0.2, 0.25) is 19.1 Å². The summed E-state index contributed by atoms with van der Waals surface area (Å²) >= 11 is 1.36. The van der Waals surface area contributed by atoms with Gasteiger partial charge in [0.25, 0.3) is 5.91 Å². The molecule has 1 aliphatic heterocycles. The van der Waals surface area contributed by atoms with Crippen molar-refractivity contribution in [2.45, 2.75) is 162 Å². The van der Waals surface area contributed by atoms with Crippen LogP contribution in [0.1, 0.15) is 133 Å². The minimum Gasteiger partial charge on any atom is -0.508 e. The van der Waals surface area contributed by atoms with Crippen molar-refractivity contribution in [3.8, 4) is 5.75 Å². The maximum absolute atomic E-state index is 14.7. The van der Waals surface area contributed by atoms with Gasteiger partial charge in [-0.3, -0.25) is 28.9 Å². The largest absolute Gasteiger partial charge is 0.508 e. The lowest BCUT2D eigenvalue weighted by Crippen LogP contribution is -2.59. The van der Waals surface area contributed by atoms with Crippen molar-refractivity contribution in [2.24, 2.45) is 17.8 Å². The van der Waals surface area contributed by atoms with Crippen LogP contribution < -0.4 is 16.0 Å². The van der Waals surface area contributed by atoms with Crippen LogP contribution in [0.25, 0.3) is 0 Å². The van der Waals surface area contributed by atoms with Crippen LogP contribution in [0.3, 0.4) is 0 Å². The summed E-state index contributed by atoms with van der Waals surface area (Å²) in [6.07, 6.45) is 6.14. The smallest absolute Gasteiger partial charge is 0.307 e.